The van der Waals surface area contributed by atoms with E-state index in [1.165, 1.54) is 0 Å². The number of aromatic nitrogens is 2. The van der Waals surface area contributed by atoms with E-state index in [-0.39, 0.29) is 29.2 Å². The van der Waals surface area contributed by atoms with E-state index in [9.17, 15) is 23.7 Å². The average molecular weight is 407 g/mol. The van der Waals surface area contributed by atoms with Crippen molar-refractivity contribution in [2.45, 2.75) is 19.8 Å². The van der Waals surface area contributed by atoms with Crippen molar-refractivity contribution in [2.24, 2.45) is 5.92 Å². The van der Waals surface area contributed by atoms with Gasteiger partial charge in [0.25, 0.3) is 0 Å². The normalized spacial score (nSPS) is 14.5. The molecule has 9 nitrogen and oxygen atoms in total. The number of ether oxygens (including phenoxy) is 1. The standard InChI is InChI=1S/C18H19F2N5O4/c1-2-29-18(26)11-5-7-24(8-6-11)17-15(25(27)28)16(21-10-22-17)23-14-4-3-12(19)9-13(14)20/h3-4,9-11H,2,5-8H2,1H3,(H,21,22,23). The molecule has 154 valence electrons. The van der Waals surface area contributed by atoms with E-state index in [1.54, 1.807) is 11.8 Å². The summed E-state index contributed by atoms with van der Waals surface area (Å²) in [5, 5.41) is 14.2. The molecule has 0 amide bonds. The predicted molar refractivity (Wildman–Crippen MR) is 99.9 cm³/mol. The zero-order valence-corrected chi connectivity index (χ0v) is 15.6. The van der Waals surface area contributed by atoms with Gasteiger partial charge in [-0.2, -0.15) is 0 Å². The summed E-state index contributed by atoms with van der Waals surface area (Å²) in [5.74, 6) is -2.36. The molecule has 3 rings (SSSR count). The Morgan fingerprint density at radius 2 is 2.07 bits per heavy atom. The van der Waals surface area contributed by atoms with Crippen LogP contribution in [0.2, 0.25) is 0 Å². The zero-order chi connectivity index (χ0) is 21.0. The second-order valence-corrected chi connectivity index (χ2v) is 6.41. The number of carbonyl (C=O) groups is 1. The first-order valence-electron chi connectivity index (χ1n) is 9.03. The van der Waals surface area contributed by atoms with Gasteiger partial charge in [0.2, 0.25) is 11.6 Å². The van der Waals surface area contributed by atoms with Crippen LogP contribution in [0.4, 0.5) is 31.8 Å². The third kappa shape index (κ3) is 4.55. The summed E-state index contributed by atoms with van der Waals surface area (Å²) >= 11 is 0. The fourth-order valence-corrected chi connectivity index (χ4v) is 3.17. The van der Waals surface area contributed by atoms with E-state index in [1.807, 2.05) is 0 Å². The molecule has 2 aromatic rings. The van der Waals surface area contributed by atoms with Gasteiger partial charge < -0.3 is 15.0 Å². The molecule has 0 bridgehead atoms. The number of nitro groups is 1. The Kier molecular flexibility index (Phi) is 6.15. The van der Waals surface area contributed by atoms with Crippen LogP contribution in [-0.4, -0.2) is 40.6 Å². The summed E-state index contributed by atoms with van der Waals surface area (Å²) in [4.78, 5) is 32.5. The van der Waals surface area contributed by atoms with Crippen LogP contribution in [0, 0.1) is 27.7 Å². The first kappa shape index (κ1) is 20.4. The van der Waals surface area contributed by atoms with Crippen molar-refractivity contribution >= 4 is 29.0 Å². The summed E-state index contributed by atoms with van der Waals surface area (Å²) in [6.07, 6.45) is 2.06. The van der Waals surface area contributed by atoms with Crippen molar-refractivity contribution in [3.8, 4) is 0 Å². The number of nitrogens with one attached hydrogen (secondary N) is 1. The highest BCUT2D eigenvalue weighted by atomic mass is 19.1. The Hall–Kier alpha value is -3.37. The maximum atomic E-state index is 13.9. The monoisotopic (exact) mass is 407 g/mol. The fourth-order valence-electron chi connectivity index (χ4n) is 3.17. The van der Waals surface area contributed by atoms with E-state index in [2.05, 4.69) is 15.3 Å². The minimum Gasteiger partial charge on any atom is -0.466 e. The molecule has 0 spiro atoms. The van der Waals surface area contributed by atoms with Crippen LogP contribution in [0.25, 0.3) is 0 Å². The Morgan fingerprint density at radius 1 is 1.34 bits per heavy atom. The molecule has 0 atom stereocenters. The number of benzene rings is 1. The van der Waals surface area contributed by atoms with Crippen molar-refractivity contribution in [3.63, 3.8) is 0 Å². The molecule has 29 heavy (non-hydrogen) atoms. The van der Waals surface area contributed by atoms with Gasteiger partial charge in [-0.15, -0.1) is 0 Å². The number of rotatable bonds is 6. The van der Waals surface area contributed by atoms with Crippen LogP contribution in [0.15, 0.2) is 24.5 Å². The van der Waals surface area contributed by atoms with Crippen LogP contribution in [0.1, 0.15) is 19.8 Å². The molecule has 1 N–H and O–H groups in total. The van der Waals surface area contributed by atoms with Crippen LogP contribution in [0.5, 0.6) is 0 Å². The van der Waals surface area contributed by atoms with E-state index < -0.39 is 22.2 Å². The molecule has 1 aliphatic heterocycles. The molecular formula is C18H19F2N5O4. The van der Waals surface area contributed by atoms with Gasteiger partial charge in [-0.3, -0.25) is 14.9 Å². The topological polar surface area (TPSA) is 110 Å². The third-order valence-electron chi connectivity index (χ3n) is 4.58. The minimum absolute atomic E-state index is 0.0670. The average Bonchev–Trinajstić information content (AvgIpc) is 2.70. The minimum atomic E-state index is -0.908. The molecule has 1 saturated heterocycles. The smallest absolute Gasteiger partial charge is 0.353 e. The molecular weight excluding hydrogens is 388 g/mol. The quantitative estimate of drug-likeness (QED) is 0.442. The van der Waals surface area contributed by atoms with Crippen LogP contribution < -0.4 is 10.2 Å². The summed E-state index contributed by atoms with van der Waals surface area (Å²) in [5.41, 5.74) is -0.578. The second kappa shape index (κ2) is 8.76. The Morgan fingerprint density at radius 3 is 2.69 bits per heavy atom. The molecule has 0 aliphatic carbocycles. The van der Waals surface area contributed by atoms with Crippen LogP contribution in [-0.2, 0) is 9.53 Å². The number of hydrogen-bond acceptors (Lipinski definition) is 8. The van der Waals surface area contributed by atoms with Gasteiger partial charge >= 0.3 is 11.7 Å². The number of piperidine rings is 1. The summed E-state index contributed by atoms with van der Waals surface area (Å²) in [6.45, 7) is 2.76. The van der Waals surface area contributed by atoms with Crippen LogP contribution >= 0.6 is 0 Å². The molecule has 1 aromatic heterocycles. The van der Waals surface area contributed by atoms with E-state index in [0.29, 0.717) is 38.6 Å². The van der Waals surface area contributed by atoms with Gasteiger partial charge in [-0.05, 0) is 31.9 Å². The Labute approximate surface area is 164 Å². The lowest BCUT2D eigenvalue weighted by Crippen LogP contribution is -2.37. The summed E-state index contributed by atoms with van der Waals surface area (Å²) < 4.78 is 32.1. The van der Waals surface area contributed by atoms with Gasteiger partial charge in [0.15, 0.2) is 0 Å². The largest absolute Gasteiger partial charge is 0.466 e. The maximum Gasteiger partial charge on any atom is 0.353 e. The van der Waals surface area contributed by atoms with E-state index >= 15 is 0 Å². The van der Waals surface area contributed by atoms with Crippen molar-refractivity contribution < 1.29 is 23.2 Å². The van der Waals surface area contributed by atoms with Crippen molar-refractivity contribution in [1.82, 2.24) is 9.97 Å². The second-order valence-electron chi connectivity index (χ2n) is 6.41. The van der Waals surface area contributed by atoms with Gasteiger partial charge in [0.05, 0.1) is 23.1 Å². The van der Waals surface area contributed by atoms with E-state index in [0.717, 1.165) is 18.5 Å². The number of hydrogen-bond donors (Lipinski definition) is 1. The molecule has 1 aromatic carbocycles. The van der Waals surface area contributed by atoms with Gasteiger partial charge in [-0.1, -0.05) is 0 Å². The molecule has 2 heterocycles. The van der Waals surface area contributed by atoms with Gasteiger partial charge in [0.1, 0.15) is 18.0 Å². The number of nitrogens with zero attached hydrogens (tertiary/aromatic N) is 4. The van der Waals surface area contributed by atoms with Gasteiger partial charge in [-0.25, -0.2) is 18.7 Å². The molecule has 0 unspecified atom stereocenters. The third-order valence-corrected chi connectivity index (χ3v) is 4.58. The first-order chi connectivity index (χ1) is 13.9. The number of esters is 1. The maximum absolute atomic E-state index is 13.9. The zero-order valence-electron chi connectivity index (χ0n) is 15.6. The Bertz CT molecular complexity index is 919. The predicted octanol–water partition coefficient (Wildman–Crippen LogP) is 3.19. The summed E-state index contributed by atoms with van der Waals surface area (Å²) in [7, 11) is 0. The lowest BCUT2D eigenvalue weighted by molar-refractivity contribution is -0.383. The van der Waals surface area contributed by atoms with Crippen LogP contribution in [0.3, 0.4) is 0 Å². The number of carbonyl (C=O) groups excluding carboxylic acids is 1. The highest BCUT2D eigenvalue weighted by Gasteiger charge is 2.32. The fraction of sp³-hybridized carbons (Fsp3) is 0.389. The first-order valence-corrected chi connectivity index (χ1v) is 9.03. The number of anilines is 3. The van der Waals surface area contributed by atoms with Gasteiger partial charge in [0, 0.05) is 19.2 Å². The Balaban J connectivity index is 1.84. The highest BCUT2D eigenvalue weighted by molar-refractivity contribution is 5.76. The lowest BCUT2D eigenvalue weighted by Gasteiger charge is -2.31. The lowest BCUT2D eigenvalue weighted by atomic mass is 9.97. The molecule has 1 fully saturated rings. The molecule has 0 radical (unpaired) electrons. The van der Waals surface area contributed by atoms with E-state index in [4.69, 9.17) is 4.74 Å². The highest BCUT2D eigenvalue weighted by Crippen LogP contribution is 2.36. The SMILES string of the molecule is CCOC(=O)C1CCN(c2ncnc(Nc3ccc(F)cc3F)c2[N+](=O)[O-])CC1. The molecule has 11 heteroatoms. The molecule has 0 saturated carbocycles. The van der Waals surface area contributed by atoms with Crippen molar-refractivity contribution in [3.05, 3.63) is 46.3 Å². The molecule has 1 aliphatic rings. The summed E-state index contributed by atoms with van der Waals surface area (Å²) in [6, 6.07) is 2.82. The van der Waals surface area contributed by atoms with Crippen molar-refractivity contribution in [2.75, 3.05) is 29.9 Å². The number of halogens is 2. The van der Waals surface area contributed by atoms with Crippen molar-refractivity contribution in [1.29, 1.82) is 0 Å².